The lowest BCUT2D eigenvalue weighted by Gasteiger charge is -2.06. The molecule has 1 aliphatic rings. The van der Waals surface area contributed by atoms with Crippen LogP contribution in [-0.4, -0.2) is 19.0 Å². The van der Waals surface area contributed by atoms with Gasteiger partial charge in [0.1, 0.15) is 5.75 Å². The standard InChI is InChI=1S/C11H9F2NO3/c12-11(13)17-7-3-1-2-6(4-7)9-8(15)5-16-10(9)14/h1-4,11H,5,14H2. The van der Waals surface area contributed by atoms with Crippen LogP contribution in [0.15, 0.2) is 30.1 Å². The molecule has 0 radical (unpaired) electrons. The number of rotatable bonds is 3. The molecule has 0 atom stereocenters. The van der Waals surface area contributed by atoms with E-state index in [4.69, 9.17) is 10.5 Å². The van der Waals surface area contributed by atoms with Crippen molar-refractivity contribution in [2.24, 2.45) is 5.73 Å². The first kappa shape index (κ1) is 11.4. The first-order chi connectivity index (χ1) is 8.08. The van der Waals surface area contributed by atoms with E-state index in [1.807, 2.05) is 0 Å². The van der Waals surface area contributed by atoms with Crippen LogP contribution in [0.4, 0.5) is 8.78 Å². The summed E-state index contributed by atoms with van der Waals surface area (Å²) in [6.45, 7) is -3.03. The van der Waals surface area contributed by atoms with Crippen molar-refractivity contribution in [3.05, 3.63) is 35.7 Å². The molecule has 0 spiro atoms. The van der Waals surface area contributed by atoms with E-state index in [1.165, 1.54) is 18.2 Å². The van der Waals surface area contributed by atoms with Crippen LogP contribution in [0.5, 0.6) is 5.75 Å². The second kappa shape index (κ2) is 4.40. The third-order valence-corrected chi connectivity index (χ3v) is 2.23. The van der Waals surface area contributed by atoms with Crippen LogP contribution in [0.2, 0.25) is 0 Å². The molecule has 1 aromatic rings. The Bertz CT molecular complexity index is 485. The molecule has 0 unspecified atom stereocenters. The van der Waals surface area contributed by atoms with Gasteiger partial charge in [0.15, 0.2) is 12.5 Å². The van der Waals surface area contributed by atoms with Gasteiger partial charge in [0.25, 0.3) is 0 Å². The minimum atomic E-state index is -2.91. The van der Waals surface area contributed by atoms with Crippen LogP contribution in [0.3, 0.4) is 0 Å². The van der Waals surface area contributed by atoms with E-state index in [1.54, 1.807) is 6.07 Å². The van der Waals surface area contributed by atoms with Crippen LogP contribution < -0.4 is 10.5 Å². The van der Waals surface area contributed by atoms with Gasteiger partial charge in [-0.15, -0.1) is 0 Å². The number of alkyl halides is 2. The highest BCUT2D eigenvalue weighted by Crippen LogP contribution is 2.26. The number of carbonyl (C=O) groups is 1. The summed E-state index contributed by atoms with van der Waals surface area (Å²) in [6, 6.07) is 5.76. The van der Waals surface area contributed by atoms with Crippen molar-refractivity contribution in [1.82, 2.24) is 0 Å². The van der Waals surface area contributed by atoms with Crippen LogP contribution in [0.25, 0.3) is 5.57 Å². The number of nitrogens with two attached hydrogens (primary N) is 1. The van der Waals surface area contributed by atoms with Crippen LogP contribution in [0.1, 0.15) is 5.56 Å². The Morgan fingerprint density at radius 2 is 2.18 bits per heavy atom. The predicted octanol–water partition coefficient (Wildman–Crippen LogP) is 1.51. The zero-order valence-corrected chi connectivity index (χ0v) is 8.65. The highest BCUT2D eigenvalue weighted by molar-refractivity contribution is 6.23. The Morgan fingerprint density at radius 1 is 1.41 bits per heavy atom. The molecule has 0 saturated carbocycles. The number of halogens is 2. The van der Waals surface area contributed by atoms with Crippen LogP contribution in [-0.2, 0) is 9.53 Å². The van der Waals surface area contributed by atoms with Crippen molar-refractivity contribution in [2.75, 3.05) is 6.61 Å². The van der Waals surface area contributed by atoms with Gasteiger partial charge in [-0.25, -0.2) is 0 Å². The fourth-order valence-corrected chi connectivity index (χ4v) is 1.56. The maximum Gasteiger partial charge on any atom is 0.387 e. The molecular formula is C11H9F2NO3. The topological polar surface area (TPSA) is 61.5 Å². The Labute approximate surface area is 95.6 Å². The number of hydrogen-bond donors (Lipinski definition) is 1. The van der Waals surface area contributed by atoms with E-state index >= 15 is 0 Å². The highest BCUT2D eigenvalue weighted by Gasteiger charge is 2.24. The van der Waals surface area contributed by atoms with E-state index in [9.17, 15) is 13.6 Å². The molecule has 1 heterocycles. The summed E-state index contributed by atoms with van der Waals surface area (Å²) in [5.74, 6) is -0.307. The molecule has 0 fully saturated rings. The molecule has 17 heavy (non-hydrogen) atoms. The minimum absolute atomic E-state index is 0.00389. The fourth-order valence-electron chi connectivity index (χ4n) is 1.56. The summed E-state index contributed by atoms with van der Waals surface area (Å²) in [7, 11) is 0. The number of hydrogen-bond acceptors (Lipinski definition) is 4. The number of carbonyl (C=O) groups excluding carboxylic acids is 1. The zero-order chi connectivity index (χ0) is 12.4. The summed E-state index contributed by atoms with van der Waals surface area (Å²) in [4.78, 5) is 11.5. The SMILES string of the molecule is NC1=C(c2cccc(OC(F)F)c2)C(=O)CO1. The van der Waals surface area contributed by atoms with E-state index in [0.29, 0.717) is 5.56 Å². The van der Waals surface area contributed by atoms with Gasteiger partial charge in [-0.05, 0) is 17.7 Å². The van der Waals surface area contributed by atoms with Crippen molar-refractivity contribution in [1.29, 1.82) is 0 Å². The molecule has 1 aromatic carbocycles. The molecule has 6 heteroatoms. The van der Waals surface area contributed by atoms with E-state index < -0.39 is 6.61 Å². The second-order valence-electron chi connectivity index (χ2n) is 3.36. The molecular weight excluding hydrogens is 232 g/mol. The van der Waals surface area contributed by atoms with Crippen LogP contribution in [0, 0.1) is 0 Å². The lowest BCUT2D eigenvalue weighted by atomic mass is 10.0. The van der Waals surface area contributed by atoms with Gasteiger partial charge < -0.3 is 15.2 Å². The largest absolute Gasteiger partial charge is 0.470 e. The highest BCUT2D eigenvalue weighted by atomic mass is 19.3. The van der Waals surface area contributed by atoms with Crippen LogP contribution >= 0.6 is 0 Å². The van der Waals surface area contributed by atoms with E-state index in [-0.39, 0.29) is 29.6 Å². The smallest absolute Gasteiger partial charge is 0.387 e. The molecule has 90 valence electrons. The average molecular weight is 241 g/mol. The summed E-state index contributed by atoms with van der Waals surface area (Å²) >= 11 is 0. The van der Waals surface area contributed by atoms with Gasteiger partial charge >= 0.3 is 6.61 Å². The van der Waals surface area contributed by atoms with Gasteiger partial charge in [-0.1, -0.05) is 12.1 Å². The molecule has 0 aliphatic carbocycles. The quantitative estimate of drug-likeness (QED) is 0.871. The van der Waals surface area contributed by atoms with Gasteiger partial charge in [0.05, 0.1) is 5.57 Å². The van der Waals surface area contributed by atoms with Crippen molar-refractivity contribution < 1.29 is 23.0 Å². The van der Waals surface area contributed by atoms with Gasteiger partial charge in [0, 0.05) is 0 Å². The number of ether oxygens (including phenoxy) is 2. The normalized spacial score (nSPS) is 15.4. The molecule has 0 bridgehead atoms. The Morgan fingerprint density at radius 3 is 2.76 bits per heavy atom. The minimum Gasteiger partial charge on any atom is -0.470 e. The van der Waals surface area contributed by atoms with E-state index in [2.05, 4.69) is 4.74 Å². The van der Waals surface area contributed by atoms with Crippen molar-refractivity contribution in [3.63, 3.8) is 0 Å². The predicted molar refractivity (Wildman–Crippen MR) is 55.1 cm³/mol. The van der Waals surface area contributed by atoms with Crippen molar-refractivity contribution >= 4 is 11.4 Å². The molecule has 2 N–H and O–H groups in total. The fraction of sp³-hybridized carbons (Fsp3) is 0.182. The van der Waals surface area contributed by atoms with Gasteiger partial charge in [0.2, 0.25) is 5.78 Å². The average Bonchev–Trinajstić information content (AvgIpc) is 2.58. The first-order valence-corrected chi connectivity index (χ1v) is 4.79. The summed E-state index contributed by atoms with van der Waals surface area (Å²) in [6.07, 6.45) is 0. The number of Topliss-reactive ketones (excluding diaryl/α,β-unsaturated/α-hetero) is 1. The maximum absolute atomic E-state index is 12.0. The molecule has 4 nitrogen and oxygen atoms in total. The first-order valence-electron chi connectivity index (χ1n) is 4.79. The molecule has 0 aromatic heterocycles. The Balaban J connectivity index is 2.33. The Hall–Kier alpha value is -2.11. The second-order valence-corrected chi connectivity index (χ2v) is 3.36. The Kier molecular flexibility index (Phi) is 2.95. The lowest BCUT2D eigenvalue weighted by molar-refractivity contribution is -0.115. The van der Waals surface area contributed by atoms with Gasteiger partial charge in [-0.2, -0.15) is 8.78 Å². The van der Waals surface area contributed by atoms with Gasteiger partial charge in [-0.3, -0.25) is 4.79 Å². The zero-order valence-electron chi connectivity index (χ0n) is 8.65. The monoisotopic (exact) mass is 241 g/mol. The third-order valence-electron chi connectivity index (χ3n) is 2.23. The number of ketones is 1. The lowest BCUT2D eigenvalue weighted by Crippen LogP contribution is -2.04. The summed E-state index contributed by atoms with van der Waals surface area (Å²) < 4.78 is 33.2. The van der Waals surface area contributed by atoms with E-state index in [0.717, 1.165) is 0 Å². The molecule has 1 aliphatic heterocycles. The summed E-state index contributed by atoms with van der Waals surface area (Å²) in [5.41, 5.74) is 6.10. The van der Waals surface area contributed by atoms with Crippen molar-refractivity contribution in [3.8, 4) is 5.75 Å². The molecule has 2 rings (SSSR count). The molecule has 0 saturated heterocycles. The van der Waals surface area contributed by atoms with Crippen molar-refractivity contribution in [2.45, 2.75) is 6.61 Å². The summed E-state index contributed by atoms with van der Waals surface area (Å²) in [5, 5.41) is 0. The molecule has 0 amide bonds. The number of benzene rings is 1. The third kappa shape index (κ3) is 2.35. The maximum atomic E-state index is 12.0.